The number of para-hydroxylation sites is 1. The first-order valence-corrected chi connectivity index (χ1v) is 7.42. The van der Waals surface area contributed by atoms with Gasteiger partial charge in [-0.1, -0.05) is 43.9 Å². The summed E-state index contributed by atoms with van der Waals surface area (Å²) in [5.41, 5.74) is 6.81. The van der Waals surface area contributed by atoms with Gasteiger partial charge in [0.25, 0.3) is 0 Å². The van der Waals surface area contributed by atoms with Crippen LogP contribution in [0.15, 0.2) is 30.3 Å². The molecule has 0 radical (unpaired) electrons. The van der Waals surface area contributed by atoms with Gasteiger partial charge >= 0.3 is 0 Å². The molecule has 0 spiro atoms. The van der Waals surface area contributed by atoms with E-state index in [9.17, 15) is 0 Å². The molecule has 0 amide bonds. The van der Waals surface area contributed by atoms with Gasteiger partial charge in [0.2, 0.25) is 0 Å². The number of nitrogens with one attached hydrogen (secondary N) is 1. The standard InChI is InChI=1S/C16H25N3/c17-16(18)12-13-19(15-10-6-3-7-11-15)14-8-4-1-2-5-9-14/h3,6-7,10-11,14H,1-2,4-5,8-9,12-13H2,(H3,17,18). The second kappa shape index (κ2) is 7.17. The number of nitrogens with two attached hydrogens (primary N) is 1. The Balaban J connectivity index is 2.10. The van der Waals surface area contributed by atoms with E-state index in [0.29, 0.717) is 12.5 Å². The molecule has 1 saturated carbocycles. The van der Waals surface area contributed by atoms with E-state index in [1.54, 1.807) is 0 Å². The highest BCUT2D eigenvalue weighted by Crippen LogP contribution is 2.26. The third-order valence-corrected chi connectivity index (χ3v) is 3.98. The van der Waals surface area contributed by atoms with Gasteiger partial charge in [-0.2, -0.15) is 0 Å². The minimum atomic E-state index is 0.287. The van der Waals surface area contributed by atoms with Crippen LogP contribution in [0.25, 0.3) is 0 Å². The maximum absolute atomic E-state index is 7.46. The molecule has 1 aliphatic rings. The highest BCUT2D eigenvalue weighted by molar-refractivity contribution is 5.77. The largest absolute Gasteiger partial charge is 0.388 e. The molecule has 0 saturated heterocycles. The van der Waals surface area contributed by atoms with Gasteiger partial charge in [0.05, 0.1) is 5.84 Å². The van der Waals surface area contributed by atoms with Gasteiger partial charge in [0, 0.05) is 24.7 Å². The van der Waals surface area contributed by atoms with E-state index < -0.39 is 0 Å². The monoisotopic (exact) mass is 259 g/mol. The summed E-state index contributed by atoms with van der Waals surface area (Å²) in [5, 5.41) is 7.46. The van der Waals surface area contributed by atoms with Crippen molar-refractivity contribution in [2.75, 3.05) is 11.4 Å². The highest BCUT2D eigenvalue weighted by atomic mass is 15.2. The van der Waals surface area contributed by atoms with E-state index >= 15 is 0 Å². The van der Waals surface area contributed by atoms with Crippen LogP contribution in [0.5, 0.6) is 0 Å². The number of hydrogen-bond donors (Lipinski definition) is 2. The molecule has 0 bridgehead atoms. The fraction of sp³-hybridized carbons (Fsp3) is 0.562. The molecule has 1 fully saturated rings. The molecule has 19 heavy (non-hydrogen) atoms. The van der Waals surface area contributed by atoms with Crippen LogP contribution >= 0.6 is 0 Å². The van der Waals surface area contributed by atoms with Crippen molar-refractivity contribution in [1.29, 1.82) is 5.41 Å². The molecular weight excluding hydrogens is 234 g/mol. The second-order valence-electron chi connectivity index (χ2n) is 5.45. The van der Waals surface area contributed by atoms with Crippen LogP contribution < -0.4 is 10.6 Å². The van der Waals surface area contributed by atoms with Crippen LogP contribution in [0.4, 0.5) is 5.69 Å². The molecule has 2 rings (SSSR count). The quantitative estimate of drug-likeness (QED) is 0.483. The van der Waals surface area contributed by atoms with Crippen molar-refractivity contribution in [3.63, 3.8) is 0 Å². The lowest BCUT2D eigenvalue weighted by atomic mass is 10.1. The Hall–Kier alpha value is -1.51. The Kier molecular flexibility index (Phi) is 5.25. The first-order valence-electron chi connectivity index (χ1n) is 7.42. The molecule has 3 N–H and O–H groups in total. The highest BCUT2D eigenvalue weighted by Gasteiger charge is 2.20. The maximum Gasteiger partial charge on any atom is 0.0923 e. The van der Waals surface area contributed by atoms with Crippen molar-refractivity contribution in [2.24, 2.45) is 5.73 Å². The molecule has 0 aromatic heterocycles. The van der Waals surface area contributed by atoms with Crippen LogP contribution in [0.2, 0.25) is 0 Å². The molecule has 104 valence electrons. The first-order chi connectivity index (χ1) is 9.27. The van der Waals surface area contributed by atoms with Gasteiger partial charge in [-0.3, -0.25) is 5.41 Å². The van der Waals surface area contributed by atoms with E-state index in [1.165, 1.54) is 44.2 Å². The third-order valence-electron chi connectivity index (χ3n) is 3.98. The Bertz CT molecular complexity index is 380. The molecule has 1 aromatic carbocycles. The Morgan fingerprint density at radius 3 is 2.32 bits per heavy atom. The van der Waals surface area contributed by atoms with Crippen molar-refractivity contribution in [3.05, 3.63) is 30.3 Å². The lowest BCUT2D eigenvalue weighted by Crippen LogP contribution is -2.37. The van der Waals surface area contributed by atoms with Gasteiger partial charge < -0.3 is 10.6 Å². The normalized spacial score (nSPS) is 16.8. The van der Waals surface area contributed by atoms with Crippen molar-refractivity contribution in [3.8, 4) is 0 Å². The van der Waals surface area contributed by atoms with Crippen molar-refractivity contribution >= 4 is 11.5 Å². The molecule has 1 aromatic rings. The summed E-state index contributed by atoms with van der Waals surface area (Å²) >= 11 is 0. The smallest absolute Gasteiger partial charge is 0.0923 e. The average Bonchev–Trinajstić information content (AvgIpc) is 2.69. The Morgan fingerprint density at radius 1 is 1.11 bits per heavy atom. The number of anilines is 1. The van der Waals surface area contributed by atoms with E-state index in [-0.39, 0.29) is 5.84 Å². The minimum absolute atomic E-state index is 0.287. The third kappa shape index (κ3) is 4.27. The molecule has 0 heterocycles. The fourth-order valence-electron chi connectivity index (χ4n) is 2.95. The average molecular weight is 259 g/mol. The van der Waals surface area contributed by atoms with E-state index in [0.717, 1.165) is 6.54 Å². The van der Waals surface area contributed by atoms with Gasteiger partial charge in [-0.15, -0.1) is 0 Å². The summed E-state index contributed by atoms with van der Waals surface area (Å²) in [6.45, 7) is 0.865. The topological polar surface area (TPSA) is 53.1 Å². The minimum Gasteiger partial charge on any atom is -0.388 e. The number of hydrogen-bond acceptors (Lipinski definition) is 2. The number of rotatable bonds is 5. The SMILES string of the molecule is N=C(N)CCN(c1ccccc1)C1CCCCCC1. The lowest BCUT2D eigenvalue weighted by molar-refractivity contribution is 0.528. The van der Waals surface area contributed by atoms with Crippen LogP contribution in [0.3, 0.4) is 0 Å². The van der Waals surface area contributed by atoms with Crippen molar-refractivity contribution < 1.29 is 0 Å². The van der Waals surface area contributed by atoms with E-state index in [4.69, 9.17) is 11.1 Å². The maximum atomic E-state index is 7.46. The number of benzene rings is 1. The number of amidine groups is 1. The molecule has 0 unspecified atom stereocenters. The first kappa shape index (κ1) is 13.9. The van der Waals surface area contributed by atoms with Crippen LogP contribution in [0, 0.1) is 5.41 Å². The van der Waals surface area contributed by atoms with Crippen molar-refractivity contribution in [2.45, 2.75) is 51.0 Å². The van der Waals surface area contributed by atoms with E-state index in [1.807, 2.05) is 0 Å². The molecule has 0 atom stereocenters. The molecule has 0 aliphatic heterocycles. The van der Waals surface area contributed by atoms with Gasteiger partial charge in [-0.25, -0.2) is 0 Å². The van der Waals surface area contributed by atoms with Crippen LogP contribution in [0.1, 0.15) is 44.9 Å². The van der Waals surface area contributed by atoms with Crippen LogP contribution in [-0.2, 0) is 0 Å². The summed E-state index contributed by atoms with van der Waals surface area (Å²) in [6.07, 6.45) is 8.59. The van der Waals surface area contributed by atoms with Gasteiger partial charge in [0.1, 0.15) is 0 Å². The molecule has 3 nitrogen and oxygen atoms in total. The summed E-state index contributed by atoms with van der Waals surface area (Å²) in [7, 11) is 0. The summed E-state index contributed by atoms with van der Waals surface area (Å²) < 4.78 is 0. The Morgan fingerprint density at radius 2 is 1.74 bits per heavy atom. The molecule has 1 aliphatic carbocycles. The van der Waals surface area contributed by atoms with Crippen molar-refractivity contribution in [1.82, 2.24) is 0 Å². The summed E-state index contributed by atoms with van der Waals surface area (Å²) in [5.74, 6) is 0.287. The van der Waals surface area contributed by atoms with Gasteiger partial charge in [-0.05, 0) is 25.0 Å². The summed E-state index contributed by atoms with van der Waals surface area (Å²) in [4.78, 5) is 2.46. The zero-order valence-corrected chi connectivity index (χ0v) is 11.6. The zero-order valence-electron chi connectivity index (χ0n) is 11.6. The number of nitrogens with zero attached hydrogens (tertiary/aromatic N) is 1. The fourth-order valence-corrected chi connectivity index (χ4v) is 2.95. The molecule has 3 heteroatoms. The summed E-state index contributed by atoms with van der Waals surface area (Å²) in [6, 6.07) is 11.2. The van der Waals surface area contributed by atoms with Gasteiger partial charge in [0.15, 0.2) is 0 Å². The molecular formula is C16H25N3. The zero-order chi connectivity index (χ0) is 13.5. The van der Waals surface area contributed by atoms with E-state index in [2.05, 4.69) is 35.2 Å². The lowest BCUT2D eigenvalue weighted by Gasteiger charge is -2.33. The second-order valence-corrected chi connectivity index (χ2v) is 5.45. The van der Waals surface area contributed by atoms with Crippen LogP contribution in [-0.4, -0.2) is 18.4 Å². The predicted molar refractivity (Wildman–Crippen MR) is 81.8 cm³/mol. The Labute approximate surface area is 116 Å². The predicted octanol–water partition coefficient (Wildman–Crippen LogP) is 3.54.